The second-order valence-electron chi connectivity index (χ2n) is 6.87. The molecule has 1 saturated heterocycles. The van der Waals surface area contributed by atoms with Crippen molar-refractivity contribution in [2.45, 2.75) is 12.8 Å². The average Bonchev–Trinajstić information content (AvgIpc) is 3.01. The highest BCUT2D eigenvalue weighted by Crippen LogP contribution is 2.26. The van der Waals surface area contributed by atoms with Crippen LogP contribution in [0.3, 0.4) is 0 Å². The Morgan fingerprint density at radius 3 is 2.30 bits per heavy atom. The van der Waals surface area contributed by atoms with Gasteiger partial charge >= 0.3 is 0 Å². The molecule has 6 heteroatoms. The lowest BCUT2D eigenvalue weighted by Crippen LogP contribution is -2.37. The van der Waals surface area contributed by atoms with Crippen molar-refractivity contribution in [2.24, 2.45) is 0 Å². The normalized spacial score (nSPS) is 16.5. The molecule has 0 saturated carbocycles. The number of carbonyl (C=O) groups excluding carboxylic acids is 2. The number of benzene rings is 2. The highest BCUT2D eigenvalue weighted by Gasteiger charge is 2.24. The van der Waals surface area contributed by atoms with E-state index < -0.39 is 5.82 Å². The molecule has 2 aromatic rings. The molecule has 2 heterocycles. The van der Waals surface area contributed by atoms with E-state index in [1.165, 1.54) is 18.2 Å². The summed E-state index contributed by atoms with van der Waals surface area (Å²) in [4.78, 5) is 29.0. The van der Waals surface area contributed by atoms with Gasteiger partial charge in [-0.3, -0.25) is 9.59 Å². The van der Waals surface area contributed by atoms with Crippen molar-refractivity contribution in [2.75, 3.05) is 32.8 Å². The van der Waals surface area contributed by atoms with Crippen molar-refractivity contribution in [3.63, 3.8) is 0 Å². The lowest BCUT2D eigenvalue weighted by Gasteiger charge is -2.22. The van der Waals surface area contributed by atoms with E-state index in [9.17, 15) is 14.0 Å². The molecule has 4 rings (SSSR count). The van der Waals surface area contributed by atoms with Gasteiger partial charge in [0.2, 0.25) is 0 Å². The smallest absolute Gasteiger partial charge is 0.254 e. The van der Waals surface area contributed by atoms with E-state index in [-0.39, 0.29) is 11.8 Å². The quantitative estimate of drug-likeness (QED) is 0.819. The van der Waals surface area contributed by atoms with Crippen molar-refractivity contribution in [1.29, 1.82) is 0 Å². The number of hydrogen-bond donors (Lipinski definition) is 0. The van der Waals surface area contributed by atoms with Gasteiger partial charge in [-0.1, -0.05) is 6.07 Å². The van der Waals surface area contributed by atoms with Gasteiger partial charge in [-0.15, -0.1) is 0 Å². The third-order valence-corrected chi connectivity index (χ3v) is 5.08. The van der Waals surface area contributed by atoms with Crippen LogP contribution in [0.2, 0.25) is 0 Å². The molecule has 0 atom stereocenters. The van der Waals surface area contributed by atoms with Crippen LogP contribution in [0.15, 0.2) is 42.5 Å². The Labute approximate surface area is 157 Å². The largest absolute Gasteiger partial charge is 0.493 e. The molecule has 5 nitrogen and oxygen atoms in total. The first-order chi connectivity index (χ1) is 13.1. The first-order valence-corrected chi connectivity index (χ1v) is 9.22. The van der Waals surface area contributed by atoms with Crippen LogP contribution in [0.25, 0.3) is 0 Å². The summed E-state index contributed by atoms with van der Waals surface area (Å²) in [5, 5.41) is 0. The summed E-state index contributed by atoms with van der Waals surface area (Å²) in [6.45, 7) is 2.72. The predicted octanol–water partition coefficient (Wildman–Crippen LogP) is 2.75. The number of rotatable bonds is 2. The maximum atomic E-state index is 13.4. The Balaban J connectivity index is 1.44. The zero-order chi connectivity index (χ0) is 18.8. The minimum Gasteiger partial charge on any atom is -0.493 e. The highest BCUT2D eigenvalue weighted by molar-refractivity contribution is 5.95. The topological polar surface area (TPSA) is 49.9 Å². The van der Waals surface area contributed by atoms with Crippen LogP contribution in [0, 0.1) is 5.82 Å². The number of fused-ring (bicyclic) bond motifs is 1. The summed E-state index contributed by atoms with van der Waals surface area (Å²) in [7, 11) is 0. The molecule has 140 valence electrons. The molecule has 27 heavy (non-hydrogen) atoms. The lowest BCUT2D eigenvalue weighted by molar-refractivity contribution is 0.0718. The number of ether oxygens (including phenoxy) is 1. The van der Waals surface area contributed by atoms with Crippen LogP contribution in [0.1, 0.15) is 32.7 Å². The molecule has 0 bridgehead atoms. The minimum atomic E-state index is -0.423. The summed E-state index contributed by atoms with van der Waals surface area (Å²) in [5.74, 6) is 0.214. The number of hydrogen-bond acceptors (Lipinski definition) is 3. The number of halogens is 1. The Morgan fingerprint density at radius 2 is 1.59 bits per heavy atom. The van der Waals surface area contributed by atoms with E-state index in [0.29, 0.717) is 50.3 Å². The Hall–Kier alpha value is -2.89. The summed E-state index contributed by atoms with van der Waals surface area (Å²) in [6.07, 6.45) is 1.52. The van der Waals surface area contributed by atoms with Crippen molar-refractivity contribution in [3.05, 3.63) is 65.0 Å². The van der Waals surface area contributed by atoms with E-state index in [2.05, 4.69) is 0 Å². The predicted molar refractivity (Wildman–Crippen MR) is 98.5 cm³/mol. The fraction of sp³-hybridized carbons (Fsp3) is 0.333. The third kappa shape index (κ3) is 3.65. The lowest BCUT2D eigenvalue weighted by atomic mass is 10.1. The fourth-order valence-electron chi connectivity index (χ4n) is 3.63. The summed E-state index contributed by atoms with van der Waals surface area (Å²) in [5.41, 5.74) is 2.07. The second kappa shape index (κ2) is 7.39. The van der Waals surface area contributed by atoms with Gasteiger partial charge < -0.3 is 14.5 Å². The first kappa shape index (κ1) is 17.5. The summed E-state index contributed by atoms with van der Waals surface area (Å²) in [6, 6.07) is 11.3. The molecule has 2 aliphatic rings. The summed E-state index contributed by atoms with van der Waals surface area (Å²) < 4.78 is 18.9. The maximum absolute atomic E-state index is 13.4. The first-order valence-electron chi connectivity index (χ1n) is 9.22. The molecule has 0 spiro atoms. The van der Waals surface area contributed by atoms with Crippen LogP contribution in [-0.4, -0.2) is 54.4 Å². The number of nitrogens with zero attached hydrogens (tertiary/aromatic N) is 2. The molecular weight excluding hydrogens is 347 g/mol. The Bertz CT molecular complexity index is 883. The van der Waals surface area contributed by atoms with Crippen LogP contribution < -0.4 is 4.74 Å². The molecule has 0 aromatic heterocycles. The molecule has 0 radical (unpaired) electrons. The van der Waals surface area contributed by atoms with Crippen LogP contribution in [0.5, 0.6) is 5.75 Å². The van der Waals surface area contributed by atoms with E-state index in [4.69, 9.17) is 4.74 Å². The average molecular weight is 368 g/mol. The van der Waals surface area contributed by atoms with Gasteiger partial charge in [-0.05, 0) is 48.4 Å². The zero-order valence-electron chi connectivity index (χ0n) is 15.0. The molecule has 0 aliphatic carbocycles. The monoisotopic (exact) mass is 368 g/mol. The minimum absolute atomic E-state index is 0.0234. The molecule has 2 aromatic carbocycles. The highest BCUT2D eigenvalue weighted by atomic mass is 19.1. The van der Waals surface area contributed by atoms with Gasteiger partial charge in [0.25, 0.3) is 11.8 Å². The van der Waals surface area contributed by atoms with E-state index in [1.54, 1.807) is 21.9 Å². The van der Waals surface area contributed by atoms with Gasteiger partial charge in [-0.25, -0.2) is 4.39 Å². The van der Waals surface area contributed by atoms with Gasteiger partial charge in [-0.2, -0.15) is 0 Å². The van der Waals surface area contributed by atoms with Gasteiger partial charge in [0.05, 0.1) is 6.61 Å². The molecule has 0 unspecified atom stereocenters. The van der Waals surface area contributed by atoms with Crippen LogP contribution >= 0.6 is 0 Å². The van der Waals surface area contributed by atoms with Crippen molar-refractivity contribution >= 4 is 11.8 Å². The Kier molecular flexibility index (Phi) is 4.79. The maximum Gasteiger partial charge on any atom is 0.254 e. The van der Waals surface area contributed by atoms with Gasteiger partial charge in [0.1, 0.15) is 11.6 Å². The summed E-state index contributed by atoms with van der Waals surface area (Å²) >= 11 is 0. The van der Waals surface area contributed by atoms with Crippen molar-refractivity contribution < 1.29 is 18.7 Å². The Morgan fingerprint density at radius 1 is 0.889 bits per heavy atom. The van der Waals surface area contributed by atoms with E-state index in [0.717, 1.165) is 17.7 Å². The van der Waals surface area contributed by atoms with E-state index >= 15 is 0 Å². The standard InChI is InChI=1S/C21H21FN2O3/c22-18-4-1-3-16(14-18)20(25)23-8-2-9-24(11-10-23)21(26)17-5-6-19-15(13-17)7-12-27-19/h1,3-6,13-14H,2,7-12H2. The zero-order valence-corrected chi connectivity index (χ0v) is 15.0. The van der Waals surface area contributed by atoms with Gasteiger partial charge in [0.15, 0.2) is 0 Å². The van der Waals surface area contributed by atoms with Crippen molar-refractivity contribution in [3.8, 4) is 5.75 Å². The third-order valence-electron chi connectivity index (χ3n) is 5.08. The molecule has 1 fully saturated rings. The molecule has 0 N–H and O–H groups in total. The number of carbonyl (C=O) groups is 2. The van der Waals surface area contributed by atoms with Crippen LogP contribution in [-0.2, 0) is 6.42 Å². The second-order valence-corrected chi connectivity index (χ2v) is 6.87. The van der Waals surface area contributed by atoms with Crippen LogP contribution in [0.4, 0.5) is 4.39 Å². The molecule has 2 amide bonds. The SMILES string of the molecule is O=C(c1cccc(F)c1)N1CCCN(C(=O)c2ccc3c(c2)CCO3)CC1. The van der Waals surface area contributed by atoms with E-state index in [1.807, 2.05) is 12.1 Å². The number of amides is 2. The fourth-order valence-corrected chi connectivity index (χ4v) is 3.63. The molecular formula is C21H21FN2O3. The molecule has 2 aliphatic heterocycles. The van der Waals surface area contributed by atoms with Crippen molar-refractivity contribution in [1.82, 2.24) is 9.80 Å². The van der Waals surface area contributed by atoms with Gasteiger partial charge in [0, 0.05) is 43.7 Å².